The minimum Gasteiger partial charge on any atom is -0.534 e. The zero-order valence-electron chi connectivity index (χ0n) is 11.3. The van der Waals surface area contributed by atoms with Gasteiger partial charge in [0, 0.05) is 16.6 Å². The van der Waals surface area contributed by atoms with Gasteiger partial charge >= 0.3 is 17.2 Å². The third kappa shape index (κ3) is 3.47. The lowest BCUT2D eigenvalue weighted by atomic mass is 9.79. The second-order valence-electron chi connectivity index (χ2n) is 5.01. The molecule has 0 radical (unpaired) electrons. The van der Waals surface area contributed by atoms with Crippen molar-refractivity contribution in [1.29, 1.82) is 0 Å². The third-order valence-electron chi connectivity index (χ3n) is 2.74. The maximum Gasteiger partial charge on any atom is 0.563 e. The van der Waals surface area contributed by atoms with Crippen LogP contribution in [-0.2, 0) is 19.4 Å². The first-order valence-corrected chi connectivity index (χ1v) is 8.00. The molecule has 0 bridgehead atoms. The van der Waals surface area contributed by atoms with E-state index in [0.29, 0.717) is 16.2 Å². The number of rotatable bonds is 3. The molecule has 0 aliphatic carbocycles. The van der Waals surface area contributed by atoms with Gasteiger partial charge < -0.3 is 13.5 Å². The van der Waals surface area contributed by atoms with Crippen molar-refractivity contribution in [3.05, 3.63) is 35.6 Å². The summed E-state index contributed by atoms with van der Waals surface area (Å²) in [6.07, 6.45) is 0.959. The predicted octanol–water partition coefficient (Wildman–Crippen LogP) is 1.71. The van der Waals surface area contributed by atoms with Gasteiger partial charge in [-0.25, -0.2) is 0 Å². The number of halogens is 1. The first-order chi connectivity index (χ1) is 9.07. The summed E-state index contributed by atoms with van der Waals surface area (Å²) in [5.41, 5.74) is -0.0620. The fourth-order valence-electron chi connectivity index (χ4n) is 1.71. The van der Waals surface area contributed by atoms with Gasteiger partial charge in [-0.1, -0.05) is 18.2 Å². The van der Waals surface area contributed by atoms with Gasteiger partial charge in [-0.3, -0.25) is 0 Å². The summed E-state index contributed by atoms with van der Waals surface area (Å²) in [4.78, 5) is 0. The number of hydrogen-bond acceptors (Lipinski definition) is 5. The predicted molar refractivity (Wildman–Crippen MR) is 77.7 cm³/mol. The molecule has 1 fully saturated rings. The van der Waals surface area contributed by atoms with E-state index in [0.717, 1.165) is 6.26 Å². The molecule has 20 heavy (non-hydrogen) atoms. The molecule has 8 heteroatoms. The summed E-state index contributed by atoms with van der Waals surface area (Å²) in [7, 11) is -4.32. The van der Waals surface area contributed by atoms with Gasteiger partial charge in [0.2, 0.25) is 0 Å². The smallest absolute Gasteiger partial charge is 0.534 e. The van der Waals surface area contributed by atoms with Crippen molar-refractivity contribution in [3.63, 3.8) is 0 Å². The van der Waals surface area contributed by atoms with Crippen LogP contribution >= 0.6 is 11.6 Å². The summed E-state index contributed by atoms with van der Waals surface area (Å²) >= 11 is 5.96. The van der Waals surface area contributed by atoms with Crippen LogP contribution < -0.4 is 9.65 Å². The molecule has 2 rings (SSSR count). The van der Waals surface area contributed by atoms with Gasteiger partial charge in [0.1, 0.15) is 11.4 Å². The van der Waals surface area contributed by atoms with E-state index in [1.165, 1.54) is 12.1 Å². The Bertz CT molecular complexity index is 656. The molecule has 0 aromatic heterocycles. The normalized spacial score (nSPS) is 18.0. The first kappa shape index (κ1) is 15.2. The molecule has 0 spiro atoms. The van der Waals surface area contributed by atoms with E-state index >= 15 is 0 Å². The van der Waals surface area contributed by atoms with Crippen molar-refractivity contribution < 1.29 is 21.9 Å². The maximum atomic E-state index is 11.2. The van der Waals surface area contributed by atoms with E-state index in [1.807, 2.05) is 13.8 Å². The van der Waals surface area contributed by atoms with Crippen molar-refractivity contribution in [2.24, 2.45) is 0 Å². The monoisotopic (exact) mass is 316 g/mol. The second-order valence-corrected chi connectivity index (χ2v) is 7.02. The molecule has 1 aromatic rings. The van der Waals surface area contributed by atoms with Gasteiger partial charge in [-0.2, -0.15) is 8.42 Å². The number of hydrogen-bond donors (Lipinski definition) is 0. The van der Waals surface area contributed by atoms with Crippen LogP contribution in [0, 0.1) is 0 Å². The quantitative estimate of drug-likeness (QED) is 0.627. The molecule has 5 nitrogen and oxygen atoms in total. The largest absolute Gasteiger partial charge is 0.563 e. The van der Waals surface area contributed by atoms with Crippen LogP contribution in [-0.4, -0.2) is 27.4 Å². The second kappa shape index (κ2) is 4.98. The van der Waals surface area contributed by atoms with Crippen LogP contribution in [0.5, 0.6) is 5.75 Å². The Morgan fingerprint density at radius 3 is 2.50 bits per heavy atom. The Labute approximate surface area is 123 Å². The SMILES string of the molecule is C=C1OB(c2cc(Cl)cc(OS(C)(=O)=O)c2)OC1(C)C. The van der Waals surface area contributed by atoms with Gasteiger partial charge in [0.15, 0.2) is 0 Å². The Kier molecular flexibility index (Phi) is 3.79. The van der Waals surface area contributed by atoms with Crippen LogP contribution in [0.15, 0.2) is 30.5 Å². The summed E-state index contributed by atoms with van der Waals surface area (Å²) in [5.74, 6) is 0.602. The van der Waals surface area contributed by atoms with Gasteiger partial charge in [-0.15, -0.1) is 0 Å². The highest BCUT2D eigenvalue weighted by Gasteiger charge is 2.43. The van der Waals surface area contributed by atoms with Crippen molar-refractivity contribution in [3.8, 4) is 5.75 Å². The Hall–Kier alpha value is -1.18. The van der Waals surface area contributed by atoms with Crippen molar-refractivity contribution in [1.82, 2.24) is 0 Å². The Morgan fingerprint density at radius 2 is 2.00 bits per heavy atom. The Morgan fingerprint density at radius 1 is 1.35 bits per heavy atom. The minimum atomic E-state index is -3.63. The molecular formula is C12H14BClO5S. The topological polar surface area (TPSA) is 61.8 Å². The van der Waals surface area contributed by atoms with E-state index in [4.69, 9.17) is 25.1 Å². The highest BCUT2D eigenvalue weighted by Crippen LogP contribution is 2.30. The summed E-state index contributed by atoms with van der Waals surface area (Å²) < 4.78 is 38.4. The molecule has 1 heterocycles. The van der Waals surface area contributed by atoms with E-state index in [2.05, 4.69) is 6.58 Å². The molecule has 0 saturated carbocycles. The molecule has 1 aliphatic rings. The lowest BCUT2D eigenvalue weighted by Gasteiger charge is -2.15. The fourth-order valence-corrected chi connectivity index (χ4v) is 2.39. The molecule has 1 aromatic carbocycles. The highest BCUT2D eigenvalue weighted by molar-refractivity contribution is 7.86. The molecule has 0 atom stereocenters. The molecule has 1 saturated heterocycles. The summed E-state index contributed by atoms with van der Waals surface area (Å²) in [5, 5.41) is 0.323. The maximum absolute atomic E-state index is 11.2. The van der Waals surface area contributed by atoms with Crippen molar-refractivity contribution >= 4 is 34.3 Å². The molecule has 0 amide bonds. The lowest BCUT2D eigenvalue weighted by molar-refractivity contribution is 0.173. The minimum absolute atomic E-state index is 0.109. The molecule has 1 aliphatic heterocycles. The van der Waals surface area contributed by atoms with Crippen LogP contribution in [0.1, 0.15) is 13.8 Å². The summed E-state index contributed by atoms with van der Waals surface area (Å²) in [6.45, 7) is 7.43. The van der Waals surface area contributed by atoms with E-state index in [-0.39, 0.29) is 5.75 Å². The fraction of sp³-hybridized carbons (Fsp3) is 0.333. The third-order valence-corrected chi connectivity index (χ3v) is 3.45. The first-order valence-electron chi connectivity index (χ1n) is 5.81. The number of benzene rings is 1. The highest BCUT2D eigenvalue weighted by atomic mass is 35.5. The zero-order chi connectivity index (χ0) is 15.1. The van der Waals surface area contributed by atoms with Crippen LogP contribution in [0.4, 0.5) is 0 Å². The molecular weight excluding hydrogens is 302 g/mol. The van der Waals surface area contributed by atoms with E-state index < -0.39 is 22.8 Å². The Balaban J connectivity index is 2.32. The summed E-state index contributed by atoms with van der Waals surface area (Å²) in [6, 6.07) is 4.53. The van der Waals surface area contributed by atoms with E-state index in [9.17, 15) is 8.42 Å². The average molecular weight is 317 g/mol. The zero-order valence-corrected chi connectivity index (χ0v) is 12.9. The van der Waals surface area contributed by atoms with Crippen LogP contribution in [0.25, 0.3) is 0 Å². The van der Waals surface area contributed by atoms with Crippen molar-refractivity contribution in [2.75, 3.05) is 6.26 Å². The average Bonchev–Trinajstić information content (AvgIpc) is 2.50. The molecule has 108 valence electrons. The van der Waals surface area contributed by atoms with Crippen molar-refractivity contribution in [2.45, 2.75) is 19.4 Å². The molecule has 0 N–H and O–H groups in total. The lowest BCUT2D eigenvalue weighted by Crippen LogP contribution is -2.34. The van der Waals surface area contributed by atoms with Crippen LogP contribution in [0.2, 0.25) is 5.02 Å². The van der Waals surface area contributed by atoms with Crippen LogP contribution in [0.3, 0.4) is 0 Å². The molecule has 0 unspecified atom stereocenters. The standard InChI is InChI=1S/C12H14BClO5S/c1-8-12(2,3)19-13(17-8)9-5-10(14)7-11(6-9)18-20(4,15)16/h5-7H,1H2,2-4H3. The van der Waals surface area contributed by atoms with Gasteiger partial charge in [0.05, 0.1) is 12.0 Å². The van der Waals surface area contributed by atoms with Gasteiger partial charge in [0.25, 0.3) is 0 Å². The van der Waals surface area contributed by atoms with E-state index in [1.54, 1.807) is 6.07 Å². The van der Waals surface area contributed by atoms with Gasteiger partial charge in [-0.05, 0) is 26.0 Å².